The summed E-state index contributed by atoms with van der Waals surface area (Å²) < 4.78 is 0. The van der Waals surface area contributed by atoms with Crippen molar-refractivity contribution in [3.05, 3.63) is 35.9 Å². The Balaban J connectivity index is 2.23. The van der Waals surface area contributed by atoms with Crippen molar-refractivity contribution < 1.29 is 9.90 Å². The molecule has 1 heterocycles. The normalized spacial score (nSPS) is 19.7. The van der Waals surface area contributed by atoms with Crippen LogP contribution < -0.4 is 0 Å². The summed E-state index contributed by atoms with van der Waals surface area (Å²) in [5.41, 5.74) is 1.36. The van der Waals surface area contributed by atoms with Gasteiger partial charge in [-0.3, -0.25) is 5.01 Å². The number of hydrogen-bond acceptors (Lipinski definition) is 3. The van der Waals surface area contributed by atoms with Gasteiger partial charge in [0, 0.05) is 13.0 Å². The van der Waals surface area contributed by atoms with E-state index in [1.54, 1.807) is 0 Å². The van der Waals surface area contributed by atoms with E-state index in [2.05, 4.69) is 5.10 Å². The third-order valence-electron chi connectivity index (χ3n) is 2.75. The molecule has 1 N–H and O–H groups in total. The van der Waals surface area contributed by atoms with Crippen LogP contribution in [0.5, 0.6) is 0 Å². The summed E-state index contributed by atoms with van der Waals surface area (Å²) >= 11 is 0. The Hall–Kier alpha value is -1.84. The quantitative estimate of drug-likeness (QED) is 0.842. The Labute approximate surface area is 94.2 Å². The summed E-state index contributed by atoms with van der Waals surface area (Å²) in [5, 5.41) is 14.9. The van der Waals surface area contributed by atoms with E-state index in [9.17, 15) is 4.79 Å². The van der Waals surface area contributed by atoms with E-state index in [0.717, 1.165) is 12.1 Å². The summed E-state index contributed by atoms with van der Waals surface area (Å²) in [5.74, 6) is -0.920. The van der Waals surface area contributed by atoms with Crippen molar-refractivity contribution in [2.45, 2.75) is 19.4 Å². The minimum Gasteiger partial charge on any atom is -0.477 e. The van der Waals surface area contributed by atoms with E-state index in [1.165, 1.54) is 0 Å². The Morgan fingerprint density at radius 2 is 2.19 bits per heavy atom. The van der Waals surface area contributed by atoms with Gasteiger partial charge in [-0.1, -0.05) is 30.3 Å². The summed E-state index contributed by atoms with van der Waals surface area (Å²) in [6.07, 6.45) is 0.479. The highest BCUT2D eigenvalue weighted by atomic mass is 16.4. The standard InChI is InChI=1S/C12H14N2O2/c1-2-14-11(8-10(13-14)12(15)16)9-6-4-3-5-7-9/h3-7,11H,2,8H2,1H3,(H,15,16)/t11-/m1/s1. The molecule has 0 bridgehead atoms. The van der Waals surface area contributed by atoms with Crippen molar-refractivity contribution in [2.75, 3.05) is 6.54 Å². The van der Waals surface area contributed by atoms with Gasteiger partial charge in [0.2, 0.25) is 0 Å². The van der Waals surface area contributed by atoms with Gasteiger partial charge in [0.1, 0.15) is 5.71 Å². The molecular weight excluding hydrogens is 204 g/mol. The van der Waals surface area contributed by atoms with Crippen LogP contribution in [0.4, 0.5) is 0 Å². The van der Waals surface area contributed by atoms with E-state index in [1.807, 2.05) is 42.3 Å². The highest BCUT2D eigenvalue weighted by molar-refractivity contribution is 6.36. The maximum Gasteiger partial charge on any atom is 0.352 e. The SMILES string of the molecule is CCN1N=C(C(=O)O)C[C@@H]1c1ccccc1. The van der Waals surface area contributed by atoms with Gasteiger partial charge in [0.05, 0.1) is 6.04 Å². The number of nitrogens with zero attached hydrogens (tertiary/aromatic N) is 2. The summed E-state index contributed by atoms with van der Waals surface area (Å²) in [6, 6.07) is 9.95. The first-order chi connectivity index (χ1) is 7.72. The number of hydrogen-bond donors (Lipinski definition) is 1. The highest BCUT2D eigenvalue weighted by Crippen LogP contribution is 2.29. The van der Waals surface area contributed by atoms with Crippen LogP contribution in [0.2, 0.25) is 0 Å². The van der Waals surface area contributed by atoms with Crippen LogP contribution in [0.25, 0.3) is 0 Å². The van der Waals surface area contributed by atoms with Crippen LogP contribution in [0, 0.1) is 0 Å². The van der Waals surface area contributed by atoms with Gasteiger partial charge in [-0.2, -0.15) is 5.10 Å². The van der Waals surface area contributed by atoms with E-state index in [0.29, 0.717) is 6.42 Å². The first kappa shape index (κ1) is 10.7. The molecule has 1 atom stereocenters. The molecule has 1 aliphatic heterocycles. The molecule has 0 spiro atoms. The third-order valence-corrected chi connectivity index (χ3v) is 2.75. The monoisotopic (exact) mass is 218 g/mol. The van der Waals surface area contributed by atoms with Crippen molar-refractivity contribution in [1.29, 1.82) is 0 Å². The second kappa shape index (κ2) is 4.35. The molecular formula is C12H14N2O2. The van der Waals surface area contributed by atoms with E-state index in [-0.39, 0.29) is 11.8 Å². The zero-order valence-corrected chi connectivity index (χ0v) is 9.13. The lowest BCUT2D eigenvalue weighted by molar-refractivity contribution is -0.129. The molecule has 0 unspecified atom stereocenters. The Morgan fingerprint density at radius 1 is 1.50 bits per heavy atom. The molecule has 2 rings (SSSR count). The Bertz CT molecular complexity index is 414. The molecule has 4 nitrogen and oxygen atoms in total. The zero-order valence-electron chi connectivity index (χ0n) is 9.13. The van der Waals surface area contributed by atoms with Crippen molar-refractivity contribution in [1.82, 2.24) is 5.01 Å². The topological polar surface area (TPSA) is 52.9 Å². The average molecular weight is 218 g/mol. The molecule has 0 saturated heterocycles. The van der Waals surface area contributed by atoms with Crippen LogP contribution >= 0.6 is 0 Å². The smallest absolute Gasteiger partial charge is 0.352 e. The molecule has 0 saturated carbocycles. The minimum atomic E-state index is -0.920. The summed E-state index contributed by atoms with van der Waals surface area (Å²) in [6.45, 7) is 2.70. The number of benzene rings is 1. The van der Waals surface area contributed by atoms with Gasteiger partial charge in [-0.15, -0.1) is 0 Å². The lowest BCUT2D eigenvalue weighted by Gasteiger charge is -2.21. The van der Waals surface area contributed by atoms with Crippen molar-refractivity contribution >= 4 is 11.7 Å². The van der Waals surface area contributed by atoms with Gasteiger partial charge in [-0.05, 0) is 12.5 Å². The van der Waals surface area contributed by atoms with Crippen molar-refractivity contribution in [2.24, 2.45) is 5.10 Å². The van der Waals surface area contributed by atoms with Crippen LogP contribution in [0.1, 0.15) is 24.9 Å². The van der Waals surface area contributed by atoms with Gasteiger partial charge in [0.15, 0.2) is 0 Å². The first-order valence-corrected chi connectivity index (χ1v) is 5.34. The maximum atomic E-state index is 10.9. The molecule has 1 aromatic carbocycles. The summed E-state index contributed by atoms with van der Waals surface area (Å²) in [7, 11) is 0. The number of carboxylic acids is 1. The molecule has 0 amide bonds. The predicted octanol–water partition coefficient (Wildman–Crippen LogP) is 1.89. The van der Waals surface area contributed by atoms with Gasteiger partial charge >= 0.3 is 5.97 Å². The Morgan fingerprint density at radius 3 is 2.75 bits per heavy atom. The molecule has 16 heavy (non-hydrogen) atoms. The molecule has 84 valence electrons. The van der Waals surface area contributed by atoms with Crippen LogP contribution in [0.3, 0.4) is 0 Å². The minimum absolute atomic E-state index is 0.0669. The molecule has 1 aromatic rings. The summed E-state index contributed by atoms with van der Waals surface area (Å²) in [4.78, 5) is 10.9. The fourth-order valence-electron chi connectivity index (χ4n) is 1.94. The van der Waals surface area contributed by atoms with Gasteiger partial charge in [-0.25, -0.2) is 4.79 Å². The Kier molecular flexibility index (Phi) is 2.90. The molecule has 0 radical (unpaired) electrons. The number of carboxylic acid groups (broad SMARTS) is 1. The third kappa shape index (κ3) is 1.91. The maximum absolute atomic E-state index is 10.9. The van der Waals surface area contributed by atoms with Crippen molar-refractivity contribution in [3.63, 3.8) is 0 Å². The van der Waals surface area contributed by atoms with Crippen LogP contribution in [0.15, 0.2) is 35.4 Å². The molecule has 0 aliphatic carbocycles. The van der Waals surface area contributed by atoms with Crippen LogP contribution in [-0.2, 0) is 4.79 Å². The lowest BCUT2D eigenvalue weighted by atomic mass is 10.0. The average Bonchev–Trinajstić information content (AvgIpc) is 2.74. The van der Waals surface area contributed by atoms with Gasteiger partial charge < -0.3 is 5.11 Å². The largest absolute Gasteiger partial charge is 0.477 e. The first-order valence-electron chi connectivity index (χ1n) is 5.34. The number of rotatable bonds is 3. The second-order valence-corrected chi connectivity index (χ2v) is 3.74. The van der Waals surface area contributed by atoms with Gasteiger partial charge in [0.25, 0.3) is 0 Å². The lowest BCUT2D eigenvalue weighted by Crippen LogP contribution is -2.18. The molecule has 1 aliphatic rings. The zero-order chi connectivity index (χ0) is 11.5. The molecule has 0 fully saturated rings. The van der Waals surface area contributed by atoms with E-state index in [4.69, 9.17) is 5.11 Å². The second-order valence-electron chi connectivity index (χ2n) is 3.74. The highest BCUT2D eigenvalue weighted by Gasteiger charge is 2.29. The molecule has 0 aromatic heterocycles. The number of carbonyl (C=O) groups is 1. The fraction of sp³-hybridized carbons (Fsp3) is 0.333. The van der Waals surface area contributed by atoms with E-state index < -0.39 is 5.97 Å². The number of hydrazone groups is 1. The number of aliphatic carboxylic acids is 1. The van der Waals surface area contributed by atoms with E-state index >= 15 is 0 Å². The fourth-order valence-corrected chi connectivity index (χ4v) is 1.94. The predicted molar refractivity (Wildman–Crippen MR) is 61.3 cm³/mol. The van der Waals surface area contributed by atoms with Crippen LogP contribution in [-0.4, -0.2) is 28.3 Å². The van der Waals surface area contributed by atoms with Crippen molar-refractivity contribution in [3.8, 4) is 0 Å². The molecule has 4 heteroatoms.